The van der Waals surface area contributed by atoms with Crippen molar-refractivity contribution in [2.75, 3.05) is 6.61 Å². The second kappa shape index (κ2) is 14.7. The molecule has 0 saturated heterocycles. The summed E-state index contributed by atoms with van der Waals surface area (Å²) in [5.41, 5.74) is -1.93. The quantitative estimate of drug-likeness (QED) is 0.192. The number of unbranched alkanes of at least 4 members (excludes halogenated alkanes) is 1. The molecule has 0 radical (unpaired) electrons. The van der Waals surface area contributed by atoms with E-state index in [1.54, 1.807) is 26.8 Å². The second-order valence-corrected chi connectivity index (χ2v) is 14.2. The van der Waals surface area contributed by atoms with Gasteiger partial charge in [-0.25, -0.2) is 13.8 Å². The number of benzene rings is 1. The molecule has 260 valence electrons. The molecule has 0 unspecified atom stereocenters. The SMILES string of the molecule is CCCCOc1ccc(F)cc1[C@H](Cn1c(=O)n(C(C)(C)C(=O)NC(C)C)c(=O)c2c(C)c(-n3nccn3)sc21)O[C@H]1CC[C@@H](O)CC1. The summed E-state index contributed by atoms with van der Waals surface area (Å²) < 4.78 is 30.2. The van der Waals surface area contributed by atoms with E-state index in [0.29, 0.717) is 59.0 Å². The van der Waals surface area contributed by atoms with Gasteiger partial charge in [0.05, 0.1) is 43.1 Å². The zero-order valence-corrected chi connectivity index (χ0v) is 29.2. The van der Waals surface area contributed by atoms with Gasteiger partial charge in [0.2, 0.25) is 5.91 Å². The highest BCUT2D eigenvalue weighted by Gasteiger charge is 2.37. The zero-order chi connectivity index (χ0) is 34.7. The summed E-state index contributed by atoms with van der Waals surface area (Å²) in [7, 11) is 0. The molecule has 3 aromatic heterocycles. The Hall–Kier alpha value is -3.88. The number of aryl methyl sites for hydroxylation is 1. The molecule has 48 heavy (non-hydrogen) atoms. The molecule has 1 aromatic carbocycles. The fraction of sp³-hybridized carbons (Fsp3) is 0.559. The maximum atomic E-state index is 15.0. The highest BCUT2D eigenvalue weighted by Crippen LogP contribution is 2.36. The van der Waals surface area contributed by atoms with Crippen LogP contribution >= 0.6 is 11.3 Å². The Kier molecular flexibility index (Phi) is 10.9. The predicted molar refractivity (Wildman–Crippen MR) is 181 cm³/mol. The first-order chi connectivity index (χ1) is 22.8. The lowest BCUT2D eigenvalue weighted by molar-refractivity contribution is -0.129. The zero-order valence-electron chi connectivity index (χ0n) is 28.4. The number of aliphatic hydroxyl groups excluding tert-OH is 1. The molecule has 3 heterocycles. The van der Waals surface area contributed by atoms with Gasteiger partial charge in [-0.1, -0.05) is 24.7 Å². The van der Waals surface area contributed by atoms with Gasteiger partial charge in [0, 0.05) is 17.2 Å². The van der Waals surface area contributed by atoms with E-state index in [2.05, 4.69) is 15.5 Å². The predicted octanol–water partition coefficient (Wildman–Crippen LogP) is 4.75. The average molecular weight is 685 g/mol. The summed E-state index contributed by atoms with van der Waals surface area (Å²) in [6.45, 7) is 10.8. The number of nitrogens with zero attached hydrogens (tertiary/aromatic N) is 5. The monoisotopic (exact) mass is 684 g/mol. The van der Waals surface area contributed by atoms with Crippen LogP contribution in [0.2, 0.25) is 0 Å². The number of halogens is 1. The first-order valence-electron chi connectivity index (χ1n) is 16.6. The van der Waals surface area contributed by atoms with Crippen molar-refractivity contribution in [3.63, 3.8) is 0 Å². The molecule has 1 fully saturated rings. The van der Waals surface area contributed by atoms with Crippen LogP contribution in [0.15, 0.2) is 40.2 Å². The third-order valence-corrected chi connectivity index (χ3v) is 10.0. The molecule has 0 bridgehead atoms. The summed E-state index contributed by atoms with van der Waals surface area (Å²) in [4.78, 5) is 44.2. The van der Waals surface area contributed by atoms with Crippen molar-refractivity contribution in [3.05, 3.63) is 68.4 Å². The van der Waals surface area contributed by atoms with Crippen molar-refractivity contribution in [1.82, 2.24) is 29.4 Å². The molecule has 1 atom stereocenters. The topological polar surface area (TPSA) is 142 Å². The number of ether oxygens (including phenoxy) is 2. The molecular weight excluding hydrogens is 639 g/mol. The van der Waals surface area contributed by atoms with Gasteiger partial charge in [-0.05, 0) is 84.9 Å². The lowest BCUT2D eigenvalue weighted by Crippen LogP contribution is -2.56. The van der Waals surface area contributed by atoms with Gasteiger partial charge in [0.15, 0.2) is 0 Å². The van der Waals surface area contributed by atoms with E-state index in [4.69, 9.17) is 9.47 Å². The normalized spacial score (nSPS) is 17.6. The van der Waals surface area contributed by atoms with E-state index >= 15 is 0 Å². The number of carbonyl (C=O) groups is 1. The second-order valence-electron chi connectivity index (χ2n) is 13.2. The smallest absolute Gasteiger partial charge is 0.333 e. The lowest BCUT2D eigenvalue weighted by atomic mass is 9.94. The molecule has 1 saturated carbocycles. The molecule has 4 aromatic rings. The number of amides is 1. The first kappa shape index (κ1) is 35.4. The standard InChI is InChI=1S/C34H45FN6O6S/c1-7-8-17-46-26-14-9-22(35)18-25(26)27(47-24-12-10-23(42)11-13-24)19-39-31-28(21(4)30(48-31)41-36-15-16-37-41)29(43)40(33(39)45)34(5,6)32(44)38-20(2)3/h9,14-16,18,20,23-24,27,42H,7-8,10-13,17,19H2,1-6H3,(H,38,44)/t23-,24+,27-/m0/s1. The highest BCUT2D eigenvalue weighted by molar-refractivity contribution is 7.21. The van der Waals surface area contributed by atoms with Crippen molar-refractivity contribution in [1.29, 1.82) is 0 Å². The Morgan fingerprint density at radius 1 is 1.17 bits per heavy atom. The van der Waals surface area contributed by atoms with Crippen LogP contribution in [0.25, 0.3) is 15.2 Å². The third-order valence-electron chi connectivity index (χ3n) is 8.75. The number of aliphatic hydroxyl groups is 1. The number of nitrogens with one attached hydrogen (secondary N) is 1. The van der Waals surface area contributed by atoms with Gasteiger partial charge in [-0.15, -0.1) is 4.80 Å². The molecule has 1 amide bonds. The lowest BCUT2D eigenvalue weighted by Gasteiger charge is -2.32. The Bertz CT molecular complexity index is 1860. The summed E-state index contributed by atoms with van der Waals surface area (Å²) in [6, 6.07) is 4.02. The molecule has 1 aliphatic carbocycles. The fourth-order valence-electron chi connectivity index (χ4n) is 6.06. The van der Waals surface area contributed by atoms with Crippen LogP contribution in [-0.4, -0.2) is 60.0 Å². The molecular formula is C34H45FN6O6S. The summed E-state index contributed by atoms with van der Waals surface area (Å²) >= 11 is 1.18. The highest BCUT2D eigenvalue weighted by atomic mass is 32.1. The van der Waals surface area contributed by atoms with Gasteiger partial charge in [0.1, 0.15) is 33.0 Å². The largest absolute Gasteiger partial charge is 0.493 e. The van der Waals surface area contributed by atoms with Crippen molar-refractivity contribution in [2.24, 2.45) is 0 Å². The minimum absolute atomic E-state index is 0.115. The summed E-state index contributed by atoms with van der Waals surface area (Å²) in [6.07, 6.45) is 5.43. The van der Waals surface area contributed by atoms with Crippen LogP contribution in [0.1, 0.15) is 90.4 Å². The number of carbonyl (C=O) groups excluding carboxylic acids is 1. The number of fused-ring (bicyclic) bond motifs is 1. The number of hydrogen-bond donors (Lipinski definition) is 2. The van der Waals surface area contributed by atoms with Crippen LogP contribution in [0.4, 0.5) is 4.39 Å². The molecule has 14 heteroatoms. The van der Waals surface area contributed by atoms with Gasteiger partial charge in [-0.2, -0.15) is 10.2 Å². The Labute approximate surface area is 282 Å². The van der Waals surface area contributed by atoms with E-state index in [9.17, 15) is 23.9 Å². The van der Waals surface area contributed by atoms with Gasteiger partial charge >= 0.3 is 5.69 Å². The fourth-order valence-corrected chi connectivity index (χ4v) is 7.28. The maximum Gasteiger partial charge on any atom is 0.333 e. The molecule has 0 aliphatic heterocycles. The average Bonchev–Trinajstić information content (AvgIpc) is 3.68. The minimum atomic E-state index is -1.57. The Morgan fingerprint density at radius 2 is 1.85 bits per heavy atom. The van der Waals surface area contributed by atoms with Crippen LogP contribution in [0.5, 0.6) is 5.75 Å². The number of hydrogen-bond acceptors (Lipinski definition) is 9. The first-order valence-corrected chi connectivity index (χ1v) is 17.4. The Balaban J connectivity index is 1.74. The molecule has 5 rings (SSSR count). The van der Waals surface area contributed by atoms with Crippen LogP contribution in [0, 0.1) is 12.7 Å². The molecule has 12 nitrogen and oxygen atoms in total. The van der Waals surface area contributed by atoms with Crippen LogP contribution < -0.4 is 21.3 Å². The number of rotatable bonds is 13. The van der Waals surface area contributed by atoms with Crippen molar-refractivity contribution >= 4 is 27.5 Å². The third kappa shape index (κ3) is 7.25. The van der Waals surface area contributed by atoms with Crippen molar-refractivity contribution in [2.45, 2.75) is 117 Å². The van der Waals surface area contributed by atoms with E-state index in [1.165, 1.54) is 59.1 Å². The van der Waals surface area contributed by atoms with Crippen molar-refractivity contribution in [3.8, 4) is 10.8 Å². The summed E-state index contributed by atoms with van der Waals surface area (Å²) in [5.74, 6) is -0.549. The van der Waals surface area contributed by atoms with E-state index in [1.807, 2.05) is 6.92 Å². The van der Waals surface area contributed by atoms with Crippen LogP contribution in [-0.2, 0) is 21.6 Å². The molecule has 0 spiro atoms. The minimum Gasteiger partial charge on any atom is -0.493 e. The van der Waals surface area contributed by atoms with Crippen LogP contribution in [0.3, 0.4) is 0 Å². The number of aromatic nitrogens is 5. The maximum absolute atomic E-state index is 15.0. The summed E-state index contributed by atoms with van der Waals surface area (Å²) in [5, 5.41) is 22.3. The van der Waals surface area contributed by atoms with Gasteiger partial charge in [0.25, 0.3) is 5.56 Å². The molecule has 2 N–H and O–H groups in total. The molecule has 1 aliphatic rings. The van der Waals surface area contributed by atoms with Gasteiger partial charge in [-0.3, -0.25) is 14.2 Å². The van der Waals surface area contributed by atoms with E-state index < -0.39 is 40.7 Å². The van der Waals surface area contributed by atoms with Gasteiger partial charge < -0.3 is 19.9 Å². The van der Waals surface area contributed by atoms with E-state index in [0.717, 1.165) is 17.4 Å². The Morgan fingerprint density at radius 3 is 2.50 bits per heavy atom. The van der Waals surface area contributed by atoms with Crippen molar-refractivity contribution < 1.29 is 23.8 Å². The van der Waals surface area contributed by atoms with E-state index in [-0.39, 0.29) is 24.1 Å². The number of thiophene rings is 1.